The molecule has 0 bridgehead atoms. The van der Waals surface area contributed by atoms with Crippen molar-refractivity contribution in [2.75, 3.05) is 12.4 Å². The van der Waals surface area contributed by atoms with E-state index in [1.165, 1.54) is 10.5 Å². The van der Waals surface area contributed by atoms with Crippen molar-refractivity contribution in [2.24, 2.45) is 0 Å². The zero-order valence-corrected chi connectivity index (χ0v) is 13.7. The van der Waals surface area contributed by atoms with Crippen molar-refractivity contribution in [3.8, 4) is 0 Å². The average molecular weight is 297 g/mol. The van der Waals surface area contributed by atoms with E-state index in [0.29, 0.717) is 18.4 Å². The van der Waals surface area contributed by atoms with Crippen LogP contribution in [0.4, 0.5) is 0 Å². The smallest absolute Gasteiger partial charge is 0.0867 e. The van der Waals surface area contributed by atoms with Crippen LogP contribution >= 0.6 is 11.8 Å². The van der Waals surface area contributed by atoms with Gasteiger partial charge >= 0.3 is 0 Å². The van der Waals surface area contributed by atoms with Crippen molar-refractivity contribution < 1.29 is 9.84 Å². The molecule has 0 aromatic heterocycles. The van der Waals surface area contributed by atoms with E-state index in [2.05, 4.69) is 43.4 Å². The van der Waals surface area contributed by atoms with Crippen LogP contribution in [0.15, 0.2) is 29.2 Å². The number of nitrogens with one attached hydrogen (secondary N) is 1. The molecular formula is C16H27NO2S. The van der Waals surface area contributed by atoms with Crippen LogP contribution in [-0.4, -0.2) is 35.7 Å². The summed E-state index contributed by atoms with van der Waals surface area (Å²) < 4.78 is 5.41. The number of benzene rings is 1. The average Bonchev–Trinajstić information content (AvgIpc) is 2.41. The molecule has 1 rings (SSSR count). The monoisotopic (exact) mass is 297 g/mol. The van der Waals surface area contributed by atoms with E-state index in [-0.39, 0.29) is 6.10 Å². The molecule has 20 heavy (non-hydrogen) atoms. The zero-order chi connectivity index (χ0) is 15.0. The Hall–Kier alpha value is -0.550. The van der Waals surface area contributed by atoms with Gasteiger partial charge in [-0.3, -0.25) is 0 Å². The lowest BCUT2D eigenvalue weighted by Crippen LogP contribution is -2.21. The quantitative estimate of drug-likeness (QED) is 0.687. The number of thioether (sulfide) groups is 1. The summed E-state index contributed by atoms with van der Waals surface area (Å²) in [6.07, 6.45) is -0.250. The molecule has 0 saturated carbocycles. The van der Waals surface area contributed by atoms with E-state index in [4.69, 9.17) is 4.74 Å². The fourth-order valence-corrected chi connectivity index (χ4v) is 2.50. The van der Waals surface area contributed by atoms with Crippen molar-refractivity contribution in [1.29, 1.82) is 0 Å². The predicted molar refractivity (Wildman–Crippen MR) is 86.2 cm³/mol. The maximum absolute atomic E-state index is 9.85. The molecule has 1 atom stereocenters. The number of aliphatic hydroxyl groups is 1. The van der Waals surface area contributed by atoms with E-state index in [0.717, 1.165) is 6.54 Å². The van der Waals surface area contributed by atoms with E-state index < -0.39 is 6.10 Å². The van der Waals surface area contributed by atoms with Crippen LogP contribution in [-0.2, 0) is 11.3 Å². The summed E-state index contributed by atoms with van der Waals surface area (Å²) in [4.78, 5) is 1.19. The van der Waals surface area contributed by atoms with Gasteiger partial charge in [0.15, 0.2) is 0 Å². The Labute approximate surface area is 127 Å². The molecule has 2 N–H and O–H groups in total. The summed E-state index contributed by atoms with van der Waals surface area (Å²) in [7, 11) is 0. The number of rotatable bonds is 9. The standard InChI is InChI=1S/C16H27NO2S/c1-12(2)17-9-14-6-5-7-16(8-14)20-11-15(18)10-19-13(3)4/h5-8,12-13,15,17-18H,9-11H2,1-4H3. The Kier molecular flexibility index (Phi) is 8.22. The van der Waals surface area contributed by atoms with Crippen LogP contribution in [0.2, 0.25) is 0 Å². The first kappa shape index (κ1) is 17.5. The van der Waals surface area contributed by atoms with Crippen LogP contribution in [0.3, 0.4) is 0 Å². The first-order chi connectivity index (χ1) is 9.47. The Morgan fingerprint density at radius 1 is 1.25 bits per heavy atom. The maximum atomic E-state index is 9.85. The van der Waals surface area contributed by atoms with Crippen molar-refractivity contribution in [2.45, 2.75) is 57.4 Å². The normalized spacial score (nSPS) is 13.2. The van der Waals surface area contributed by atoms with Gasteiger partial charge in [0.1, 0.15) is 0 Å². The van der Waals surface area contributed by atoms with Crippen LogP contribution < -0.4 is 5.32 Å². The molecule has 1 aromatic carbocycles. The first-order valence-electron chi connectivity index (χ1n) is 7.22. The molecule has 114 valence electrons. The Bertz CT molecular complexity index is 382. The predicted octanol–water partition coefficient (Wildman–Crippen LogP) is 3.06. The van der Waals surface area contributed by atoms with E-state index in [1.807, 2.05) is 13.8 Å². The Balaban J connectivity index is 2.37. The molecule has 0 spiro atoms. The van der Waals surface area contributed by atoms with Gasteiger partial charge < -0.3 is 15.2 Å². The lowest BCUT2D eigenvalue weighted by molar-refractivity contribution is 0.0152. The molecule has 3 nitrogen and oxygen atoms in total. The topological polar surface area (TPSA) is 41.5 Å². The summed E-state index contributed by atoms with van der Waals surface area (Å²) in [5.41, 5.74) is 1.27. The molecule has 0 heterocycles. The summed E-state index contributed by atoms with van der Waals surface area (Å²) >= 11 is 1.67. The second-order valence-electron chi connectivity index (χ2n) is 5.53. The zero-order valence-electron chi connectivity index (χ0n) is 12.9. The summed E-state index contributed by atoms with van der Waals surface area (Å²) in [5.74, 6) is 0.660. The Morgan fingerprint density at radius 2 is 2.00 bits per heavy atom. The fraction of sp³-hybridized carbons (Fsp3) is 0.625. The highest BCUT2D eigenvalue weighted by atomic mass is 32.2. The highest BCUT2D eigenvalue weighted by Gasteiger charge is 2.07. The summed E-state index contributed by atoms with van der Waals surface area (Å²) in [5, 5.41) is 13.3. The molecule has 0 radical (unpaired) electrons. The van der Waals surface area contributed by atoms with Gasteiger partial charge in [-0.05, 0) is 31.5 Å². The third kappa shape index (κ3) is 7.90. The molecule has 0 fully saturated rings. The van der Waals surface area contributed by atoms with Gasteiger partial charge in [-0.1, -0.05) is 26.0 Å². The van der Waals surface area contributed by atoms with Gasteiger partial charge in [0.2, 0.25) is 0 Å². The molecule has 0 amide bonds. The lowest BCUT2D eigenvalue weighted by atomic mass is 10.2. The van der Waals surface area contributed by atoms with E-state index in [1.54, 1.807) is 11.8 Å². The SMILES string of the molecule is CC(C)NCc1cccc(SCC(O)COC(C)C)c1. The molecule has 4 heteroatoms. The van der Waals surface area contributed by atoms with Gasteiger partial charge in [-0.2, -0.15) is 0 Å². The van der Waals surface area contributed by atoms with E-state index >= 15 is 0 Å². The Morgan fingerprint density at radius 3 is 2.65 bits per heavy atom. The third-order valence-electron chi connectivity index (χ3n) is 2.68. The second-order valence-corrected chi connectivity index (χ2v) is 6.62. The lowest BCUT2D eigenvalue weighted by Gasteiger charge is -2.13. The van der Waals surface area contributed by atoms with Crippen LogP contribution in [0.5, 0.6) is 0 Å². The molecule has 1 unspecified atom stereocenters. The number of aliphatic hydroxyl groups excluding tert-OH is 1. The molecule has 0 aliphatic rings. The van der Waals surface area contributed by atoms with Crippen molar-refractivity contribution in [3.05, 3.63) is 29.8 Å². The third-order valence-corrected chi connectivity index (χ3v) is 3.82. The van der Waals surface area contributed by atoms with E-state index in [9.17, 15) is 5.11 Å². The highest BCUT2D eigenvalue weighted by molar-refractivity contribution is 7.99. The number of hydrogen-bond acceptors (Lipinski definition) is 4. The van der Waals surface area contributed by atoms with Crippen LogP contribution in [0, 0.1) is 0 Å². The van der Waals surface area contributed by atoms with Crippen LogP contribution in [0.25, 0.3) is 0 Å². The summed E-state index contributed by atoms with van der Waals surface area (Å²) in [6.45, 7) is 9.52. The van der Waals surface area contributed by atoms with Crippen LogP contribution in [0.1, 0.15) is 33.3 Å². The second kappa shape index (κ2) is 9.40. The van der Waals surface area contributed by atoms with Crippen molar-refractivity contribution in [3.63, 3.8) is 0 Å². The first-order valence-corrected chi connectivity index (χ1v) is 8.20. The fourth-order valence-electron chi connectivity index (χ4n) is 1.61. The minimum atomic E-state index is -0.417. The highest BCUT2D eigenvalue weighted by Crippen LogP contribution is 2.20. The summed E-state index contributed by atoms with van der Waals surface area (Å²) in [6, 6.07) is 8.94. The molecular weight excluding hydrogens is 270 g/mol. The van der Waals surface area contributed by atoms with Crippen molar-refractivity contribution in [1.82, 2.24) is 5.32 Å². The number of ether oxygens (including phenoxy) is 1. The largest absolute Gasteiger partial charge is 0.390 e. The minimum Gasteiger partial charge on any atom is -0.390 e. The van der Waals surface area contributed by atoms with Gasteiger partial charge in [0.25, 0.3) is 0 Å². The molecule has 0 aliphatic carbocycles. The minimum absolute atomic E-state index is 0.167. The molecule has 0 aliphatic heterocycles. The van der Waals surface area contributed by atoms with Crippen molar-refractivity contribution >= 4 is 11.8 Å². The molecule has 0 saturated heterocycles. The van der Waals surface area contributed by atoms with Gasteiger partial charge in [-0.25, -0.2) is 0 Å². The molecule has 1 aromatic rings. The van der Waals surface area contributed by atoms with Gasteiger partial charge in [0, 0.05) is 23.2 Å². The number of hydrogen-bond donors (Lipinski definition) is 2. The maximum Gasteiger partial charge on any atom is 0.0867 e. The van der Waals surface area contributed by atoms with Gasteiger partial charge in [0.05, 0.1) is 18.8 Å². The van der Waals surface area contributed by atoms with Gasteiger partial charge in [-0.15, -0.1) is 11.8 Å².